The van der Waals surface area contributed by atoms with Crippen LogP contribution in [-0.2, 0) is 20.7 Å². The fourth-order valence-corrected chi connectivity index (χ4v) is 5.09. The van der Waals surface area contributed by atoms with E-state index in [-0.39, 0.29) is 58.7 Å². The van der Waals surface area contributed by atoms with Crippen LogP contribution in [0.3, 0.4) is 0 Å². The summed E-state index contributed by atoms with van der Waals surface area (Å²) in [5.74, 6) is -2.83. The van der Waals surface area contributed by atoms with Crippen LogP contribution in [-0.4, -0.2) is 77.6 Å². The van der Waals surface area contributed by atoms with Crippen LogP contribution >= 0.6 is 23.2 Å². The molecule has 1 saturated heterocycles. The van der Waals surface area contributed by atoms with Gasteiger partial charge in [0.25, 0.3) is 11.8 Å². The summed E-state index contributed by atoms with van der Waals surface area (Å²) in [7, 11) is -1.88. The normalized spacial score (nSPS) is 16.4. The van der Waals surface area contributed by atoms with Crippen LogP contribution in [0.25, 0.3) is 0 Å². The number of benzene rings is 2. The highest BCUT2D eigenvalue weighted by molar-refractivity contribution is 6.43. The quantitative estimate of drug-likeness (QED) is 0.151. The summed E-state index contributed by atoms with van der Waals surface area (Å²) in [5.41, 5.74) is 0.873. The molecule has 0 bridgehead atoms. The van der Waals surface area contributed by atoms with E-state index in [2.05, 4.69) is 10.6 Å². The van der Waals surface area contributed by atoms with Gasteiger partial charge in [-0.1, -0.05) is 73.5 Å². The van der Waals surface area contributed by atoms with Gasteiger partial charge in [0, 0.05) is 11.6 Å². The molecule has 1 aliphatic rings. The maximum Gasteiger partial charge on any atom is 0.475 e. The highest BCUT2D eigenvalue weighted by Gasteiger charge is 2.33. The molecule has 13 heteroatoms. The second-order valence-corrected chi connectivity index (χ2v) is 11.5. The van der Waals surface area contributed by atoms with Gasteiger partial charge in [-0.3, -0.25) is 14.4 Å². The lowest BCUT2D eigenvalue weighted by Gasteiger charge is -2.26. The van der Waals surface area contributed by atoms with Crippen molar-refractivity contribution in [3.63, 3.8) is 0 Å². The number of ether oxygens (including phenoxy) is 1. The van der Waals surface area contributed by atoms with Gasteiger partial charge >= 0.3 is 7.12 Å². The number of rotatable bonds is 13. The molecular formula is C30H35BCl2N4O6. The summed E-state index contributed by atoms with van der Waals surface area (Å²) in [4.78, 5) is 41.1. The third kappa shape index (κ3) is 10.1. The largest absolute Gasteiger partial charge is 0.475 e. The van der Waals surface area contributed by atoms with Crippen LogP contribution < -0.4 is 10.6 Å². The molecule has 2 aromatic rings. The van der Waals surface area contributed by atoms with E-state index in [1.165, 1.54) is 18.2 Å². The summed E-state index contributed by atoms with van der Waals surface area (Å²) in [5, 5.41) is 35.0. The van der Waals surface area contributed by atoms with E-state index in [1.54, 1.807) is 35.2 Å². The molecule has 3 amide bonds. The van der Waals surface area contributed by atoms with Crippen molar-refractivity contribution in [1.82, 2.24) is 15.5 Å². The summed E-state index contributed by atoms with van der Waals surface area (Å²) < 4.78 is 5.87. The lowest BCUT2D eigenvalue weighted by atomic mass is 9.76. The van der Waals surface area contributed by atoms with Gasteiger partial charge in [-0.15, -0.1) is 0 Å². The van der Waals surface area contributed by atoms with E-state index in [9.17, 15) is 29.7 Å². The third-order valence-corrected chi connectivity index (χ3v) is 7.43. The van der Waals surface area contributed by atoms with Crippen molar-refractivity contribution < 1.29 is 29.2 Å². The smallest absolute Gasteiger partial charge is 0.426 e. The lowest BCUT2D eigenvalue weighted by molar-refractivity contribution is -0.130. The molecule has 228 valence electrons. The van der Waals surface area contributed by atoms with Crippen LogP contribution in [0.15, 0.2) is 60.2 Å². The fourth-order valence-electron chi connectivity index (χ4n) is 4.72. The van der Waals surface area contributed by atoms with Crippen LogP contribution in [0, 0.1) is 17.2 Å². The van der Waals surface area contributed by atoms with Crippen molar-refractivity contribution in [2.75, 3.05) is 19.8 Å². The van der Waals surface area contributed by atoms with Gasteiger partial charge in [0.1, 0.15) is 17.7 Å². The number of amides is 3. The summed E-state index contributed by atoms with van der Waals surface area (Å²) in [6.45, 7) is 3.99. The number of carbonyl (C=O) groups excluding carboxylic acids is 3. The zero-order valence-corrected chi connectivity index (χ0v) is 25.5. The molecule has 0 radical (unpaired) electrons. The van der Waals surface area contributed by atoms with E-state index < -0.39 is 30.9 Å². The molecule has 1 aliphatic heterocycles. The third-order valence-electron chi connectivity index (χ3n) is 6.86. The minimum atomic E-state index is -1.88. The Morgan fingerprint density at radius 2 is 1.88 bits per heavy atom. The van der Waals surface area contributed by atoms with Gasteiger partial charge in [-0.2, -0.15) is 5.26 Å². The summed E-state index contributed by atoms with van der Waals surface area (Å²) in [6, 6.07) is 13.7. The average molecular weight is 629 g/mol. The van der Waals surface area contributed by atoms with Crippen molar-refractivity contribution in [1.29, 1.82) is 5.26 Å². The predicted octanol–water partition coefficient (Wildman–Crippen LogP) is 2.94. The molecule has 4 N–H and O–H groups in total. The number of allylic oxidation sites excluding steroid dienone is 1. The molecule has 0 aliphatic carbocycles. The fraction of sp³-hybridized carbons (Fsp3) is 0.400. The van der Waals surface area contributed by atoms with Gasteiger partial charge in [0.2, 0.25) is 5.91 Å². The van der Waals surface area contributed by atoms with Crippen LogP contribution in [0.5, 0.6) is 0 Å². The molecule has 0 aromatic heterocycles. The second-order valence-electron chi connectivity index (χ2n) is 10.6. The van der Waals surface area contributed by atoms with Crippen molar-refractivity contribution >= 4 is 48.0 Å². The lowest BCUT2D eigenvalue weighted by Crippen LogP contribution is -2.56. The van der Waals surface area contributed by atoms with Crippen LogP contribution in [0.4, 0.5) is 0 Å². The Hall–Kier alpha value is -3.40. The van der Waals surface area contributed by atoms with E-state index in [1.807, 2.05) is 26.0 Å². The first-order valence-corrected chi connectivity index (χ1v) is 14.7. The number of hydrogen-bond acceptors (Lipinski definition) is 7. The van der Waals surface area contributed by atoms with Crippen LogP contribution in [0.2, 0.25) is 10.0 Å². The van der Waals surface area contributed by atoms with Crippen molar-refractivity contribution in [3.8, 4) is 6.07 Å². The first kappa shape index (κ1) is 34.1. The molecule has 1 heterocycles. The van der Waals surface area contributed by atoms with E-state index in [4.69, 9.17) is 27.9 Å². The maximum absolute atomic E-state index is 13.4. The number of halogens is 2. The van der Waals surface area contributed by atoms with Crippen molar-refractivity contribution in [2.24, 2.45) is 5.92 Å². The first-order chi connectivity index (χ1) is 20.5. The monoisotopic (exact) mass is 628 g/mol. The zero-order chi connectivity index (χ0) is 31.5. The average Bonchev–Trinajstić information content (AvgIpc) is 3.44. The SMILES string of the molecule is CC(C)C=C(C#N)C(=O)N1CCC[C@@H]1COC[C@H](NC(=O)c1cc(Cl)ccc1Cl)C(=O)N[C@@H](Cc1ccccc1)B(O)O. The Morgan fingerprint density at radius 3 is 2.53 bits per heavy atom. The number of hydrogen-bond donors (Lipinski definition) is 4. The second kappa shape index (κ2) is 16.5. The summed E-state index contributed by atoms with van der Waals surface area (Å²) >= 11 is 12.2. The molecule has 10 nitrogen and oxygen atoms in total. The highest BCUT2D eigenvalue weighted by Crippen LogP contribution is 2.22. The Kier molecular flexibility index (Phi) is 13.0. The number of nitriles is 1. The van der Waals surface area contributed by atoms with Gasteiger partial charge in [0.05, 0.1) is 35.8 Å². The number of carbonyl (C=O) groups is 3. The molecule has 2 aromatic carbocycles. The topological polar surface area (TPSA) is 152 Å². The first-order valence-electron chi connectivity index (χ1n) is 14.0. The van der Waals surface area contributed by atoms with Crippen molar-refractivity contribution in [3.05, 3.63) is 81.4 Å². The molecule has 0 spiro atoms. The van der Waals surface area contributed by atoms with Gasteiger partial charge in [-0.25, -0.2) is 0 Å². The number of nitrogens with one attached hydrogen (secondary N) is 2. The minimum absolute atomic E-state index is 0.0231. The van der Waals surface area contributed by atoms with Crippen molar-refractivity contribution in [2.45, 2.75) is 51.1 Å². The predicted molar refractivity (Wildman–Crippen MR) is 164 cm³/mol. The minimum Gasteiger partial charge on any atom is -0.426 e. The Labute approximate surface area is 261 Å². The summed E-state index contributed by atoms with van der Waals surface area (Å²) in [6.07, 6.45) is 3.11. The Balaban J connectivity index is 1.74. The molecule has 3 atom stereocenters. The van der Waals surface area contributed by atoms with Gasteiger partial charge in [-0.05, 0) is 48.9 Å². The molecule has 0 unspecified atom stereocenters. The van der Waals surface area contributed by atoms with E-state index >= 15 is 0 Å². The molecule has 1 fully saturated rings. The molecule has 0 saturated carbocycles. The molecule has 3 rings (SSSR count). The van der Waals surface area contributed by atoms with E-state index in [0.29, 0.717) is 13.0 Å². The van der Waals surface area contributed by atoms with Crippen LogP contribution in [0.1, 0.15) is 42.6 Å². The molecular weight excluding hydrogens is 594 g/mol. The van der Waals surface area contributed by atoms with Gasteiger partial charge < -0.3 is 30.3 Å². The standard InChI is InChI=1S/C30H35BCl2N4O6/c1-19(2)13-21(16-34)30(40)37-12-6-9-23(37)17-43-18-26(35-28(38)24-15-22(32)10-11-25(24)33)29(39)36-27(31(41)42)14-20-7-4-3-5-8-20/h3-5,7-8,10-11,13,15,19,23,26-27,41-42H,6,9,12,14,17-18H2,1-2H3,(H,35,38)(H,36,39)/t23-,26+,27+/m1/s1. The Bertz CT molecular complexity index is 1350. The zero-order valence-electron chi connectivity index (χ0n) is 24.0. The number of nitrogens with zero attached hydrogens (tertiary/aromatic N) is 2. The van der Waals surface area contributed by atoms with E-state index in [0.717, 1.165) is 12.0 Å². The highest BCUT2D eigenvalue weighted by atomic mass is 35.5. The van der Waals surface area contributed by atoms with Gasteiger partial charge in [0.15, 0.2) is 0 Å². The molecule has 43 heavy (non-hydrogen) atoms. The maximum atomic E-state index is 13.4. The Morgan fingerprint density at radius 1 is 1.16 bits per heavy atom. The number of likely N-dealkylation sites (tertiary alicyclic amines) is 1.